The summed E-state index contributed by atoms with van der Waals surface area (Å²) < 4.78 is 17.7. The van der Waals surface area contributed by atoms with E-state index in [0.717, 1.165) is 31.7 Å². The first-order valence-electron chi connectivity index (χ1n) is 20.3. The Bertz CT molecular complexity index is 1220. The number of hydrogen-bond acceptors (Lipinski definition) is 3. The van der Waals surface area contributed by atoms with Crippen molar-refractivity contribution in [3.05, 3.63) is 57.4 Å². The summed E-state index contributed by atoms with van der Waals surface area (Å²) in [6.45, 7) is 35.0. The van der Waals surface area contributed by atoms with Crippen LogP contribution in [0.15, 0.2) is 57.4 Å². The van der Waals surface area contributed by atoms with Gasteiger partial charge in [0.2, 0.25) is 0 Å². The Morgan fingerprint density at radius 3 is 1.61 bits per heavy atom. The van der Waals surface area contributed by atoms with Crippen molar-refractivity contribution in [2.24, 2.45) is 21.7 Å². The molecule has 0 spiro atoms. The van der Waals surface area contributed by atoms with Gasteiger partial charge in [-0.1, -0.05) is 185 Å². The van der Waals surface area contributed by atoms with Crippen LogP contribution >= 0.6 is 8.53 Å². The predicted molar refractivity (Wildman–Crippen MR) is 217 cm³/mol. The van der Waals surface area contributed by atoms with Crippen LogP contribution in [0.4, 0.5) is 0 Å². The van der Waals surface area contributed by atoms with Crippen molar-refractivity contribution >= 4 is 8.53 Å². The highest BCUT2D eigenvalue weighted by Crippen LogP contribution is 2.58. The molecule has 0 aromatic rings. The Hall–Kier alpha value is -1.15. The molecule has 280 valence electrons. The maximum atomic E-state index is 7.56. The van der Waals surface area contributed by atoms with E-state index >= 15 is 0 Å². The lowest BCUT2D eigenvalue weighted by Crippen LogP contribution is -2.35. The van der Waals surface area contributed by atoms with E-state index in [2.05, 4.69) is 120 Å². The van der Waals surface area contributed by atoms with Gasteiger partial charge in [-0.3, -0.25) is 4.52 Å². The Balaban J connectivity index is 2.22. The minimum absolute atomic E-state index is 0.0391. The van der Waals surface area contributed by atoms with Gasteiger partial charge in [-0.2, -0.15) is 0 Å². The largest absolute Gasteiger partial charge is 0.439 e. The van der Waals surface area contributed by atoms with Crippen LogP contribution in [0.25, 0.3) is 0 Å². The van der Waals surface area contributed by atoms with E-state index in [1.54, 1.807) is 0 Å². The van der Waals surface area contributed by atoms with Gasteiger partial charge in [0.05, 0.1) is 0 Å². The highest BCUT2D eigenvalue weighted by atomic mass is 31.2. The molecule has 0 aromatic heterocycles. The summed E-state index contributed by atoms with van der Waals surface area (Å²) in [5, 5.41) is 0. The Morgan fingerprint density at radius 2 is 1.14 bits per heavy atom. The van der Waals surface area contributed by atoms with Gasteiger partial charge in [-0.05, 0) is 64.2 Å². The van der Waals surface area contributed by atoms with Crippen LogP contribution in [0.5, 0.6) is 0 Å². The third-order valence-corrected chi connectivity index (χ3v) is 12.2. The summed E-state index contributed by atoms with van der Waals surface area (Å²) in [6, 6.07) is 0. The van der Waals surface area contributed by atoms with Crippen molar-refractivity contribution in [2.75, 3.05) is 13.1 Å². The molecule has 0 N–H and O–H groups in total. The monoisotopic (exact) mass is 696 g/mol. The summed E-state index contributed by atoms with van der Waals surface area (Å²) in [6.07, 6.45) is 25.1. The number of fused-ring (bicyclic) bond motifs is 2. The second-order valence-corrected chi connectivity index (χ2v) is 20.8. The molecule has 0 saturated heterocycles. The molecule has 3 rings (SSSR count). The molecule has 0 fully saturated rings. The van der Waals surface area contributed by atoms with E-state index in [4.69, 9.17) is 9.05 Å². The van der Waals surface area contributed by atoms with Crippen LogP contribution in [-0.2, 0) is 9.05 Å². The van der Waals surface area contributed by atoms with Crippen LogP contribution in [0.3, 0.4) is 0 Å². The molecule has 49 heavy (non-hydrogen) atoms. The van der Waals surface area contributed by atoms with Crippen LogP contribution in [0.2, 0.25) is 0 Å². The van der Waals surface area contributed by atoms with Crippen molar-refractivity contribution < 1.29 is 9.05 Å². The second kappa shape index (κ2) is 18.1. The zero-order valence-electron chi connectivity index (χ0n) is 34.8. The normalized spacial score (nSPS) is 22.6. The lowest BCUT2D eigenvalue weighted by molar-refractivity contribution is 0.170. The minimum atomic E-state index is -1.33. The zero-order chi connectivity index (χ0) is 36.6. The van der Waals surface area contributed by atoms with Gasteiger partial charge in [-0.15, -0.1) is 0 Å². The molecule has 4 heteroatoms. The average molecular weight is 696 g/mol. The van der Waals surface area contributed by atoms with Crippen LogP contribution in [0, 0.1) is 21.7 Å². The molecule has 0 saturated carbocycles. The van der Waals surface area contributed by atoms with Crippen molar-refractivity contribution in [1.82, 2.24) is 4.67 Å². The molecular weight excluding hydrogens is 617 g/mol. The quantitative estimate of drug-likeness (QED) is 0.126. The summed E-state index contributed by atoms with van der Waals surface area (Å²) >= 11 is 0. The highest BCUT2D eigenvalue weighted by molar-refractivity contribution is 7.44. The third kappa shape index (κ3) is 12.2. The lowest BCUT2D eigenvalue weighted by Gasteiger charge is -2.44. The van der Waals surface area contributed by atoms with Crippen LogP contribution in [-0.4, -0.2) is 23.9 Å². The van der Waals surface area contributed by atoms with Gasteiger partial charge in [-0.25, -0.2) is 4.67 Å². The highest BCUT2D eigenvalue weighted by Gasteiger charge is 2.43. The summed E-state index contributed by atoms with van der Waals surface area (Å²) in [7, 11) is -1.33. The van der Waals surface area contributed by atoms with Gasteiger partial charge in [0.15, 0.2) is 0 Å². The van der Waals surface area contributed by atoms with Gasteiger partial charge >= 0.3 is 8.53 Å². The Morgan fingerprint density at radius 1 is 0.612 bits per heavy atom. The standard InChI is InChI=1S/C45H78NO2P/c1-15-17-19-21-23-25-29-46(30-26-24-22-20-18-16-2)49-47-40-37(32-35(43(6,7)8)33-39(40)44(9,10)11)36-28-27-34(42(3,4)5)31-38(36)41(48-49)45(12,13)14/h31-33,40H,15-30H2,1-14H3/b37-36-,41-38?. The van der Waals surface area contributed by atoms with E-state index in [1.165, 1.54) is 110 Å². The molecular formula is C45H78NO2P. The lowest BCUT2D eigenvalue weighted by atomic mass is 9.69. The molecule has 2 atom stereocenters. The smallest absolute Gasteiger partial charge is 0.321 e. The summed E-state index contributed by atoms with van der Waals surface area (Å²) in [4.78, 5) is 0. The Labute approximate surface area is 306 Å². The van der Waals surface area contributed by atoms with Gasteiger partial charge in [0, 0.05) is 24.1 Å². The first-order valence-corrected chi connectivity index (χ1v) is 21.4. The second-order valence-electron chi connectivity index (χ2n) is 19.3. The van der Waals surface area contributed by atoms with E-state index in [1.807, 2.05) is 0 Å². The fourth-order valence-corrected chi connectivity index (χ4v) is 9.08. The first-order chi connectivity index (χ1) is 22.8. The third-order valence-electron chi connectivity index (χ3n) is 10.6. The van der Waals surface area contributed by atoms with Gasteiger partial charge in [0.1, 0.15) is 11.9 Å². The summed E-state index contributed by atoms with van der Waals surface area (Å²) in [5.74, 6) is 1.12. The molecule has 3 nitrogen and oxygen atoms in total. The van der Waals surface area contributed by atoms with E-state index in [0.29, 0.717) is 0 Å². The van der Waals surface area contributed by atoms with Crippen molar-refractivity contribution in [3.63, 3.8) is 0 Å². The predicted octanol–water partition coefficient (Wildman–Crippen LogP) is 15.0. The molecule has 3 aliphatic rings. The SMILES string of the molecule is CCCCCCCCN(CCCCCCCC)P1OC(C(C)(C)C)=C2C=C(C(C)(C)C)CC/C2=C2\C=C(C(C)(C)C)C=C(C(C)(C)C)C2O1. The number of allylic oxidation sites excluding steroid dienone is 7. The fraction of sp³-hybridized carbons (Fsp3) is 0.778. The Kier molecular flexibility index (Phi) is 15.6. The topological polar surface area (TPSA) is 21.7 Å². The van der Waals surface area contributed by atoms with Crippen LogP contribution < -0.4 is 0 Å². The minimum Gasteiger partial charge on any atom is -0.439 e. The molecule has 0 amide bonds. The summed E-state index contributed by atoms with van der Waals surface area (Å²) in [5.41, 5.74) is 8.43. The molecule has 0 radical (unpaired) electrons. The van der Waals surface area contributed by atoms with Crippen molar-refractivity contribution in [3.8, 4) is 0 Å². The number of rotatable bonds is 15. The van der Waals surface area contributed by atoms with Crippen molar-refractivity contribution in [1.29, 1.82) is 0 Å². The molecule has 2 unspecified atom stereocenters. The first kappa shape index (κ1) is 42.3. The van der Waals surface area contributed by atoms with Gasteiger partial charge in [0.25, 0.3) is 0 Å². The van der Waals surface area contributed by atoms with E-state index in [9.17, 15) is 0 Å². The zero-order valence-corrected chi connectivity index (χ0v) is 35.7. The van der Waals surface area contributed by atoms with Gasteiger partial charge < -0.3 is 4.52 Å². The molecule has 1 heterocycles. The molecule has 1 aliphatic heterocycles. The maximum Gasteiger partial charge on any atom is 0.321 e. The number of hydrogen-bond donors (Lipinski definition) is 0. The average Bonchev–Trinajstić information content (AvgIpc) is 2.98. The maximum absolute atomic E-state index is 7.56. The number of nitrogens with zero attached hydrogens (tertiary/aromatic N) is 1. The van der Waals surface area contributed by atoms with E-state index < -0.39 is 8.53 Å². The fourth-order valence-electron chi connectivity index (χ4n) is 7.25. The van der Waals surface area contributed by atoms with Crippen molar-refractivity contribution in [2.45, 2.75) is 193 Å². The molecule has 0 bridgehead atoms. The number of unbranched alkanes of at least 4 members (excludes halogenated alkanes) is 10. The molecule has 0 aromatic carbocycles. The van der Waals surface area contributed by atoms with E-state index in [-0.39, 0.29) is 27.8 Å². The van der Waals surface area contributed by atoms with Crippen LogP contribution in [0.1, 0.15) is 187 Å². The molecule has 2 aliphatic carbocycles.